The summed E-state index contributed by atoms with van der Waals surface area (Å²) in [4.78, 5) is 6.24. The number of ether oxygens (including phenoxy) is 1. The van der Waals surface area contributed by atoms with Crippen LogP contribution in [0, 0.1) is 0 Å². The summed E-state index contributed by atoms with van der Waals surface area (Å²) in [5, 5.41) is 9.02. The zero-order valence-corrected chi connectivity index (χ0v) is 9.80. The van der Waals surface area contributed by atoms with Crippen LogP contribution in [0.15, 0.2) is 28.7 Å². The minimum atomic E-state index is 0.0580. The molecule has 0 amide bonds. The average molecular weight is 236 g/mol. The monoisotopic (exact) mass is 236 g/mol. The molecule has 0 spiro atoms. The van der Waals surface area contributed by atoms with Gasteiger partial charge in [-0.2, -0.15) is 4.98 Å². The van der Waals surface area contributed by atoms with Crippen molar-refractivity contribution in [2.24, 2.45) is 0 Å². The number of aliphatic hydroxyl groups is 1. The zero-order chi connectivity index (χ0) is 12.1. The van der Waals surface area contributed by atoms with E-state index in [0.29, 0.717) is 25.7 Å². The molecule has 5 heteroatoms. The first-order chi connectivity index (χ1) is 8.35. The summed E-state index contributed by atoms with van der Waals surface area (Å²) in [6.45, 7) is 1.75. The Morgan fingerprint density at radius 2 is 2.18 bits per heavy atom. The van der Waals surface area contributed by atoms with Crippen LogP contribution in [0.4, 0.5) is 6.01 Å². The van der Waals surface area contributed by atoms with E-state index in [0.717, 1.165) is 11.1 Å². The summed E-state index contributed by atoms with van der Waals surface area (Å²) in [5.74, 6) is 0. The molecule has 1 aromatic carbocycles. The summed E-state index contributed by atoms with van der Waals surface area (Å²) < 4.78 is 10.6. The molecule has 1 N–H and O–H groups in total. The Labute approximate surface area is 99.6 Å². The largest absolute Gasteiger partial charge is 0.423 e. The molecule has 1 aromatic heterocycles. The highest BCUT2D eigenvalue weighted by Crippen LogP contribution is 2.21. The lowest BCUT2D eigenvalue weighted by atomic mass is 10.3. The lowest BCUT2D eigenvalue weighted by Gasteiger charge is -2.18. The molecule has 2 rings (SSSR count). The van der Waals surface area contributed by atoms with E-state index in [9.17, 15) is 0 Å². The second kappa shape index (κ2) is 5.65. The van der Waals surface area contributed by atoms with Crippen molar-refractivity contribution >= 4 is 17.1 Å². The molecule has 5 nitrogen and oxygen atoms in total. The van der Waals surface area contributed by atoms with Gasteiger partial charge in [-0.15, -0.1) is 0 Å². The van der Waals surface area contributed by atoms with Crippen LogP contribution in [0.25, 0.3) is 11.1 Å². The fourth-order valence-electron chi connectivity index (χ4n) is 1.62. The minimum absolute atomic E-state index is 0.0580. The fraction of sp³-hybridized carbons (Fsp3) is 0.417. The lowest BCUT2D eigenvalue weighted by molar-refractivity contribution is 0.201. The van der Waals surface area contributed by atoms with Crippen LogP contribution < -0.4 is 4.90 Å². The molecular weight excluding hydrogens is 220 g/mol. The van der Waals surface area contributed by atoms with Gasteiger partial charge >= 0.3 is 0 Å². The minimum Gasteiger partial charge on any atom is -0.423 e. The van der Waals surface area contributed by atoms with Crippen molar-refractivity contribution in [1.82, 2.24) is 4.98 Å². The van der Waals surface area contributed by atoms with Crippen LogP contribution in [0.5, 0.6) is 0 Å². The highest BCUT2D eigenvalue weighted by atomic mass is 16.5. The van der Waals surface area contributed by atoms with Crippen molar-refractivity contribution in [1.29, 1.82) is 0 Å². The number of rotatable bonds is 6. The summed E-state index contributed by atoms with van der Waals surface area (Å²) in [6.07, 6.45) is 0. The van der Waals surface area contributed by atoms with Crippen molar-refractivity contribution in [3.8, 4) is 0 Å². The van der Waals surface area contributed by atoms with E-state index in [1.807, 2.05) is 29.2 Å². The number of anilines is 1. The van der Waals surface area contributed by atoms with Crippen molar-refractivity contribution in [3.63, 3.8) is 0 Å². The highest BCUT2D eigenvalue weighted by Gasteiger charge is 2.12. The third kappa shape index (κ3) is 2.75. The zero-order valence-electron chi connectivity index (χ0n) is 9.80. The molecule has 0 aliphatic carbocycles. The molecule has 0 aliphatic heterocycles. The van der Waals surface area contributed by atoms with Gasteiger partial charge in [0.05, 0.1) is 13.2 Å². The molecule has 0 fully saturated rings. The van der Waals surface area contributed by atoms with Crippen LogP contribution in [-0.2, 0) is 4.74 Å². The van der Waals surface area contributed by atoms with E-state index in [1.54, 1.807) is 7.11 Å². The number of nitrogens with zero attached hydrogens (tertiary/aromatic N) is 2. The van der Waals surface area contributed by atoms with Gasteiger partial charge < -0.3 is 19.2 Å². The van der Waals surface area contributed by atoms with Gasteiger partial charge in [0.2, 0.25) is 0 Å². The Morgan fingerprint density at radius 3 is 2.88 bits per heavy atom. The Morgan fingerprint density at radius 1 is 1.35 bits per heavy atom. The van der Waals surface area contributed by atoms with Gasteiger partial charge in [-0.05, 0) is 12.1 Å². The SMILES string of the molecule is COCCN(CCO)c1nc2ccccc2o1. The van der Waals surface area contributed by atoms with Crippen LogP contribution in [0.3, 0.4) is 0 Å². The molecular formula is C12H16N2O3. The topological polar surface area (TPSA) is 58.7 Å². The number of methoxy groups -OCH3 is 1. The highest BCUT2D eigenvalue weighted by molar-refractivity contribution is 5.74. The third-order valence-corrected chi connectivity index (χ3v) is 2.49. The van der Waals surface area contributed by atoms with Crippen LogP contribution in [-0.4, -0.2) is 43.5 Å². The Kier molecular flexibility index (Phi) is 3.95. The summed E-state index contributed by atoms with van der Waals surface area (Å²) in [7, 11) is 1.64. The number of aromatic nitrogens is 1. The maximum Gasteiger partial charge on any atom is 0.298 e. The van der Waals surface area contributed by atoms with E-state index >= 15 is 0 Å². The van der Waals surface area contributed by atoms with Gasteiger partial charge in [0.25, 0.3) is 6.01 Å². The predicted molar refractivity (Wildman–Crippen MR) is 65.2 cm³/mol. The lowest BCUT2D eigenvalue weighted by Crippen LogP contribution is -2.30. The number of fused-ring (bicyclic) bond motifs is 1. The Bertz CT molecular complexity index is 436. The average Bonchev–Trinajstić information content (AvgIpc) is 2.78. The maximum atomic E-state index is 9.02. The third-order valence-electron chi connectivity index (χ3n) is 2.49. The van der Waals surface area contributed by atoms with E-state index in [4.69, 9.17) is 14.3 Å². The molecule has 0 atom stereocenters. The van der Waals surface area contributed by atoms with Crippen LogP contribution in [0.2, 0.25) is 0 Å². The van der Waals surface area contributed by atoms with Gasteiger partial charge in [-0.3, -0.25) is 0 Å². The number of para-hydroxylation sites is 2. The van der Waals surface area contributed by atoms with Crippen molar-refractivity contribution < 1.29 is 14.3 Å². The fourth-order valence-corrected chi connectivity index (χ4v) is 1.62. The van der Waals surface area contributed by atoms with Gasteiger partial charge in [0, 0.05) is 20.2 Å². The summed E-state index contributed by atoms with van der Waals surface area (Å²) >= 11 is 0. The van der Waals surface area contributed by atoms with Crippen molar-refractivity contribution in [2.45, 2.75) is 0 Å². The van der Waals surface area contributed by atoms with Crippen molar-refractivity contribution in [3.05, 3.63) is 24.3 Å². The van der Waals surface area contributed by atoms with Gasteiger partial charge in [0.15, 0.2) is 5.58 Å². The first kappa shape index (κ1) is 11.9. The summed E-state index contributed by atoms with van der Waals surface area (Å²) in [6, 6.07) is 8.12. The second-order valence-corrected chi connectivity index (χ2v) is 3.67. The number of oxazole rings is 1. The normalized spacial score (nSPS) is 10.9. The molecule has 2 aromatic rings. The summed E-state index contributed by atoms with van der Waals surface area (Å²) in [5.41, 5.74) is 1.57. The van der Waals surface area contributed by atoms with Crippen LogP contribution in [0.1, 0.15) is 0 Å². The Hall–Kier alpha value is -1.59. The molecule has 92 valence electrons. The first-order valence-corrected chi connectivity index (χ1v) is 5.55. The molecule has 0 bridgehead atoms. The quantitative estimate of drug-likeness (QED) is 0.818. The standard InChI is InChI=1S/C12H16N2O3/c1-16-9-7-14(6-8-15)12-13-10-4-2-3-5-11(10)17-12/h2-5,15H,6-9H2,1H3. The first-order valence-electron chi connectivity index (χ1n) is 5.55. The number of aliphatic hydroxyl groups excluding tert-OH is 1. The van der Waals surface area contributed by atoms with Crippen LogP contribution >= 0.6 is 0 Å². The van der Waals surface area contributed by atoms with Crippen molar-refractivity contribution in [2.75, 3.05) is 38.3 Å². The van der Waals surface area contributed by atoms with Gasteiger partial charge in [-0.1, -0.05) is 12.1 Å². The van der Waals surface area contributed by atoms with E-state index in [-0.39, 0.29) is 6.61 Å². The number of hydrogen-bond acceptors (Lipinski definition) is 5. The van der Waals surface area contributed by atoms with Gasteiger partial charge in [0.1, 0.15) is 5.52 Å². The molecule has 0 unspecified atom stereocenters. The molecule has 1 heterocycles. The van der Waals surface area contributed by atoms with E-state index in [2.05, 4.69) is 4.98 Å². The number of hydrogen-bond donors (Lipinski definition) is 1. The molecule has 0 aliphatic rings. The second-order valence-electron chi connectivity index (χ2n) is 3.67. The smallest absolute Gasteiger partial charge is 0.298 e. The number of benzene rings is 1. The Balaban J connectivity index is 2.21. The predicted octanol–water partition coefficient (Wildman–Crippen LogP) is 1.27. The molecule has 0 saturated heterocycles. The van der Waals surface area contributed by atoms with E-state index < -0.39 is 0 Å². The molecule has 0 radical (unpaired) electrons. The van der Waals surface area contributed by atoms with Gasteiger partial charge in [-0.25, -0.2) is 0 Å². The van der Waals surface area contributed by atoms with E-state index in [1.165, 1.54) is 0 Å². The molecule has 17 heavy (non-hydrogen) atoms. The molecule has 0 saturated carbocycles. The maximum absolute atomic E-state index is 9.02.